The predicted octanol–water partition coefficient (Wildman–Crippen LogP) is 3.24. The maximum Gasteiger partial charge on any atom is 0.325 e. The summed E-state index contributed by atoms with van der Waals surface area (Å²) in [6.07, 6.45) is 6.66. The minimum Gasteiger partial charge on any atom is -0.319 e. The van der Waals surface area contributed by atoms with Crippen molar-refractivity contribution in [1.82, 2.24) is 10.2 Å². The van der Waals surface area contributed by atoms with Crippen LogP contribution < -0.4 is 5.32 Å². The van der Waals surface area contributed by atoms with E-state index in [0.717, 1.165) is 29.7 Å². The van der Waals surface area contributed by atoms with Gasteiger partial charge in [-0.2, -0.15) is 0 Å². The van der Waals surface area contributed by atoms with Gasteiger partial charge in [0.1, 0.15) is 5.54 Å². The zero-order valence-corrected chi connectivity index (χ0v) is 15.7. The number of ketones is 1. The number of urea groups is 1. The minimum atomic E-state index is -1.10. The maximum atomic E-state index is 13.3. The van der Waals surface area contributed by atoms with Gasteiger partial charge in [0.15, 0.2) is 5.78 Å². The van der Waals surface area contributed by atoms with Crippen molar-refractivity contribution in [3.05, 3.63) is 35.9 Å². The number of hydrogen-bond donors (Lipinski definition) is 1. The summed E-state index contributed by atoms with van der Waals surface area (Å²) in [7, 11) is 0. The van der Waals surface area contributed by atoms with Crippen molar-refractivity contribution in [2.45, 2.75) is 51.0 Å². The van der Waals surface area contributed by atoms with Gasteiger partial charge in [-0.3, -0.25) is 14.5 Å². The Morgan fingerprint density at radius 2 is 1.59 bits per heavy atom. The first-order valence-corrected chi connectivity index (χ1v) is 10.1. The molecule has 4 saturated carbocycles. The fourth-order valence-corrected chi connectivity index (χ4v) is 6.57. The van der Waals surface area contributed by atoms with Crippen LogP contribution in [0.25, 0.3) is 0 Å². The van der Waals surface area contributed by atoms with Crippen LogP contribution >= 0.6 is 0 Å². The van der Waals surface area contributed by atoms with Crippen molar-refractivity contribution >= 4 is 17.7 Å². The van der Waals surface area contributed by atoms with E-state index in [0.29, 0.717) is 17.8 Å². The number of nitrogens with zero attached hydrogens (tertiary/aromatic N) is 1. The molecule has 3 amide bonds. The number of hydrogen-bond acceptors (Lipinski definition) is 3. The first-order chi connectivity index (χ1) is 12.9. The third-order valence-electron chi connectivity index (χ3n) is 7.56. The lowest BCUT2D eigenvalue weighted by molar-refractivity contribution is -0.147. The van der Waals surface area contributed by atoms with E-state index in [1.807, 2.05) is 30.3 Å². The van der Waals surface area contributed by atoms with Crippen molar-refractivity contribution in [3.63, 3.8) is 0 Å². The molecule has 0 spiro atoms. The quantitative estimate of drug-likeness (QED) is 0.832. The second-order valence-corrected chi connectivity index (χ2v) is 9.43. The second kappa shape index (κ2) is 5.66. The molecule has 5 nitrogen and oxygen atoms in total. The normalized spacial score (nSPS) is 39.7. The van der Waals surface area contributed by atoms with Crippen molar-refractivity contribution < 1.29 is 14.4 Å². The van der Waals surface area contributed by atoms with Gasteiger partial charge in [-0.25, -0.2) is 4.79 Å². The average Bonchev–Trinajstić information content (AvgIpc) is 2.85. The summed E-state index contributed by atoms with van der Waals surface area (Å²) in [6.45, 7) is 1.64. The highest BCUT2D eigenvalue weighted by atomic mass is 16.2. The molecule has 1 N–H and O–H groups in total. The summed E-state index contributed by atoms with van der Waals surface area (Å²) in [6, 6.07) is 8.80. The summed E-state index contributed by atoms with van der Waals surface area (Å²) in [5.74, 6) is 1.77. The van der Waals surface area contributed by atoms with Gasteiger partial charge in [0.05, 0.1) is 6.54 Å². The van der Waals surface area contributed by atoms with Crippen molar-refractivity contribution in [2.24, 2.45) is 23.2 Å². The number of carbonyl (C=O) groups excluding carboxylic acids is 3. The van der Waals surface area contributed by atoms with Crippen LogP contribution in [0.15, 0.2) is 30.3 Å². The number of amides is 3. The smallest absolute Gasteiger partial charge is 0.319 e. The molecule has 4 bridgehead atoms. The molecule has 1 aliphatic heterocycles. The Bertz CT molecular complexity index is 783. The summed E-state index contributed by atoms with van der Waals surface area (Å²) in [4.78, 5) is 40.1. The molecule has 1 aromatic carbocycles. The van der Waals surface area contributed by atoms with Gasteiger partial charge in [-0.15, -0.1) is 0 Å². The van der Waals surface area contributed by atoms with Crippen LogP contribution in [-0.2, 0) is 15.1 Å². The van der Waals surface area contributed by atoms with Gasteiger partial charge in [0, 0.05) is 5.41 Å². The predicted molar refractivity (Wildman–Crippen MR) is 99.7 cm³/mol. The Kier molecular flexibility index (Phi) is 3.56. The van der Waals surface area contributed by atoms with E-state index in [4.69, 9.17) is 0 Å². The van der Waals surface area contributed by atoms with Crippen molar-refractivity contribution in [3.8, 4) is 0 Å². The van der Waals surface area contributed by atoms with Crippen LogP contribution in [-0.4, -0.2) is 29.2 Å². The van der Waals surface area contributed by atoms with E-state index in [2.05, 4.69) is 5.32 Å². The highest BCUT2D eigenvalue weighted by Gasteiger charge is 2.56. The molecular formula is C22H26N2O3. The molecule has 6 rings (SSSR count). The summed E-state index contributed by atoms with van der Waals surface area (Å²) < 4.78 is 0. The standard InChI is InChI=1S/C22H26N2O3/c1-21(17-5-3-2-4-6-17)19(26)24(20(27)23-21)13-18(25)22-10-14-7-15(11-22)9-16(8-14)12-22/h2-6,14-16H,7-13H2,1H3,(H,23,27). The highest BCUT2D eigenvalue weighted by Crippen LogP contribution is 2.60. The molecule has 5 fully saturated rings. The van der Waals surface area contributed by atoms with E-state index in [-0.39, 0.29) is 23.7 Å². The topological polar surface area (TPSA) is 66.5 Å². The SMILES string of the molecule is CC1(c2ccccc2)NC(=O)N(CC(=O)C23CC4CC(CC(C4)C2)C3)C1=O. The third kappa shape index (κ3) is 2.47. The summed E-state index contributed by atoms with van der Waals surface area (Å²) >= 11 is 0. The zero-order chi connectivity index (χ0) is 18.8. The van der Waals surface area contributed by atoms with Gasteiger partial charge in [-0.1, -0.05) is 30.3 Å². The third-order valence-corrected chi connectivity index (χ3v) is 7.56. The molecule has 5 aliphatic rings. The number of nitrogens with one attached hydrogen (secondary N) is 1. The molecule has 142 valence electrons. The van der Waals surface area contributed by atoms with E-state index in [1.54, 1.807) is 6.92 Å². The molecule has 5 heteroatoms. The molecule has 1 saturated heterocycles. The first kappa shape index (κ1) is 17.0. The maximum absolute atomic E-state index is 13.3. The summed E-state index contributed by atoms with van der Waals surface area (Å²) in [5.41, 5.74) is -0.644. The van der Waals surface area contributed by atoms with E-state index >= 15 is 0 Å². The molecule has 1 heterocycles. The monoisotopic (exact) mass is 366 g/mol. The van der Waals surface area contributed by atoms with Crippen LogP contribution in [0.3, 0.4) is 0 Å². The molecule has 1 atom stereocenters. The van der Waals surface area contributed by atoms with Crippen LogP contribution in [0.1, 0.15) is 51.0 Å². The summed E-state index contributed by atoms with van der Waals surface area (Å²) in [5, 5.41) is 2.81. The first-order valence-electron chi connectivity index (χ1n) is 10.1. The average molecular weight is 366 g/mol. The fourth-order valence-electron chi connectivity index (χ4n) is 6.57. The van der Waals surface area contributed by atoms with Gasteiger partial charge >= 0.3 is 6.03 Å². The Hall–Kier alpha value is -2.17. The lowest BCUT2D eigenvalue weighted by atomic mass is 9.48. The molecule has 1 unspecified atom stereocenters. The van der Waals surface area contributed by atoms with E-state index in [9.17, 15) is 14.4 Å². The number of carbonyl (C=O) groups is 3. The Morgan fingerprint density at radius 3 is 2.15 bits per heavy atom. The molecular weight excluding hydrogens is 340 g/mol. The second-order valence-electron chi connectivity index (χ2n) is 9.43. The van der Waals surface area contributed by atoms with Crippen molar-refractivity contribution in [2.75, 3.05) is 6.54 Å². The molecule has 1 aromatic rings. The molecule has 4 aliphatic carbocycles. The van der Waals surface area contributed by atoms with Gasteiger partial charge in [0.2, 0.25) is 0 Å². The number of imide groups is 1. The van der Waals surface area contributed by atoms with Crippen LogP contribution in [0.2, 0.25) is 0 Å². The number of rotatable bonds is 4. The van der Waals surface area contributed by atoms with Crippen molar-refractivity contribution in [1.29, 1.82) is 0 Å². The Morgan fingerprint density at radius 1 is 1.04 bits per heavy atom. The van der Waals surface area contributed by atoms with E-state index < -0.39 is 11.6 Å². The number of Topliss-reactive ketones (excluding diaryl/α,β-unsaturated/α-hetero) is 1. The van der Waals surface area contributed by atoms with Crippen LogP contribution in [0.5, 0.6) is 0 Å². The Labute approximate surface area is 159 Å². The van der Waals surface area contributed by atoms with Gasteiger partial charge in [0.25, 0.3) is 5.91 Å². The highest BCUT2D eigenvalue weighted by molar-refractivity contribution is 6.09. The van der Waals surface area contributed by atoms with Crippen LogP contribution in [0.4, 0.5) is 4.79 Å². The zero-order valence-electron chi connectivity index (χ0n) is 15.7. The number of benzene rings is 1. The van der Waals surface area contributed by atoms with Gasteiger partial charge < -0.3 is 5.32 Å². The van der Waals surface area contributed by atoms with Crippen LogP contribution in [0, 0.1) is 23.2 Å². The fraction of sp³-hybridized carbons (Fsp3) is 0.591. The molecule has 0 aromatic heterocycles. The van der Waals surface area contributed by atoms with Gasteiger partial charge in [-0.05, 0) is 68.8 Å². The Balaban J connectivity index is 1.37. The lowest BCUT2D eigenvalue weighted by Gasteiger charge is -2.56. The minimum absolute atomic E-state index is 0.0841. The molecule has 0 radical (unpaired) electrons. The van der Waals surface area contributed by atoms with E-state index in [1.165, 1.54) is 19.3 Å². The largest absolute Gasteiger partial charge is 0.325 e. The lowest BCUT2D eigenvalue weighted by Crippen LogP contribution is -2.53. The molecule has 27 heavy (non-hydrogen) atoms.